The van der Waals surface area contributed by atoms with Crippen LogP contribution < -0.4 is 5.73 Å². The maximum absolute atomic E-state index is 6.23. The van der Waals surface area contributed by atoms with E-state index >= 15 is 0 Å². The van der Waals surface area contributed by atoms with Crippen LogP contribution in [-0.4, -0.2) is 4.98 Å². The van der Waals surface area contributed by atoms with Crippen molar-refractivity contribution in [2.24, 2.45) is 5.73 Å². The van der Waals surface area contributed by atoms with Crippen molar-refractivity contribution in [3.05, 3.63) is 50.4 Å². The molecule has 2 nitrogen and oxygen atoms in total. The van der Waals surface area contributed by atoms with Crippen molar-refractivity contribution in [1.29, 1.82) is 0 Å². The summed E-state index contributed by atoms with van der Waals surface area (Å²) < 4.78 is 0. The van der Waals surface area contributed by atoms with E-state index in [0.717, 1.165) is 22.0 Å². The normalized spacial score (nSPS) is 15.9. The summed E-state index contributed by atoms with van der Waals surface area (Å²) >= 11 is 7.63. The highest BCUT2D eigenvalue weighted by atomic mass is 35.5. The molecule has 0 fully saturated rings. The summed E-state index contributed by atoms with van der Waals surface area (Å²) in [5, 5.41) is 1.76. The predicted molar refractivity (Wildman–Crippen MR) is 71.6 cm³/mol. The first-order chi connectivity index (χ1) is 8.24. The van der Waals surface area contributed by atoms with Crippen molar-refractivity contribution < 1.29 is 0 Å². The smallest absolute Gasteiger partial charge is 0.114 e. The molecule has 1 aromatic heterocycles. The molecule has 1 aromatic carbocycles. The Bertz CT molecular complexity index is 511. The number of nitrogens with two attached hydrogens (primary N) is 1. The van der Waals surface area contributed by atoms with Gasteiger partial charge in [0.1, 0.15) is 5.01 Å². The van der Waals surface area contributed by atoms with Gasteiger partial charge in [-0.1, -0.05) is 23.7 Å². The number of thiazole rings is 1. The number of hydrogen-bond donors (Lipinski definition) is 1. The van der Waals surface area contributed by atoms with E-state index < -0.39 is 0 Å². The Kier molecular flexibility index (Phi) is 2.90. The molecule has 1 heterocycles. The van der Waals surface area contributed by atoms with Gasteiger partial charge < -0.3 is 5.73 Å². The van der Waals surface area contributed by atoms with Crippen LogP contribution in [0.5, 0.6) is 0 Å². The average molecular weight is 265 g/mol. The highest BCUT2D eigenvalue weighted by Gasteiger charge is 2.20. The van der Waals surface area contributed by atoms with Crippen molar-refractivity contribution in [2.75, 3.05) is 0 Å². The molecule has 2 N–H and O–H groups in total. The van der Waals surface area contributed by atoms with E-state index in [0.29, 0.717) is 0 Å². The van der Waals surface area contributed by atoms with Crippen molar-refractivity contribution in [2.45, 2.75) is 25.3 Å². The fraction of sp³-hybridized carbons (Fsp3) is 0.308. The minimum absolute atomic E-state index is 0.122. The Balaban J connectivity index is 1.90. The molecule has 0 saturated carbocycles. The quantitative estimate of drug-likeness (QED) is 0.904. The number of benzene rings is 1. The van der Waals surface area contributed by atoms with E-state index in [2.05, 4.69) is 4.98 Å². The van der Waals surface area contributed by atoms with E-state index in [9.17, 15) is 0 Å². The van der Waals surface area contributed by atoms with E-state index in [1.54, 1.807) is 11.3 Å². The Hall–Kier alpha value is -0.900. The molecule has 0 amide bonds. The first kappa shape index (κ1) is 11.2. The van der Waals surface area contributed by atoms with Crippen LogP contribution in [0, 0.1) is 0 Å². The third-order valence-corrected chi connectivity index (χ3v) is 4.60. The second kappa shape index (κ2) is 4.41. The lowest BCUT2D eigenvalue weighted by Gasteiger charge is -2.08. The van der Waals surface area contributed by atoms with E-state index in [1.165, 1.54) is 23.4 Å². The average Bonchev–Trinajstić information content (AvgIpc) is 2.89. The zero-order valence-corrected chi connectivity index (χ0v) is 10.9. The van der Waals surface area contributed by atoms with E-state index in [4.69, 9.17) is 17.3 Å². The number of rotatable bonds is 2. The van der Waals surface area contributed by atoms with Gasteiger partial charge in [-0.05, 0) is 37.0 Å². The van der Waals surface area contributed by atoms with Gasteiger partial charge in [0.25, 0.3) is 0 Å². The number of fused-ring (bicyclic) bond motifs is 1. The fourth-order valence-electron chi connectivity index (χ4n) is 2.16. The number of nitrogens with zero attached hydrogens (tertiary/aromatic N) is 1. The van der Waals surface area contributed by atoms with Gasteiger partial charge in [-0.2, -0.15) is 0 Å². The minimum atomic E-state index is -0.122. The highest BCUT2D eigenvalue weighted by molar-refractivity contribution is 7.11. The van der Waals surface area contributed by atoms with Crippen LogP contribution in [0.3, 0.4) is 0 Å². The summed E-state index contributed by atoms with van der Waals surface area (Å²) in [5.74, 6) is 0. The Morgan fingerprint density at radius 1 is 1.24 bits per heavy atom. The van der Waals surface area contributed by atoms with Crippen molar-refractivity contribution in [3.8, 4) is 0 Å². The summed E-state index contributed by atoms with van der Waals surface area (Å²) in [6.45, 7) is 0. The maximum Gasteiger partial charge on any atom is 0.114 e. The van der Waals surface area contributed by atoms with Gasteiger partial charge in [-0.3, -0.25) is 0 Å². The van der Waals surface area contributed by atoms with Gasteiger partial charge in [0.05, 0.1) is 11.7 Å². The molecule has 17 heavy (non-hydrogen) atoms. The third-order valence-electron chi connectivity index (χ3n) is 3.11. The van der Waals surface area contributed by atoms with Gasteiger partial charge in [0.2, 0.25) is 0 Å². The largest absolute Gasteiger partial charge is 0.318 e. The lowest BCUT2D eigenvalue weighted by Crippen LogP contribution is -2.11. The van der Waals surface area contributed by atoms with Gasteiger partial charge in [-0.15, -0.1) is 11.3 Å². The summed E-state index contributed by atoms with van der Waals surface area (Å²) in [6.07, 6.45) is 3.52. The molecule has 0 saturated heterocycles. The molecule has 0 radical (unpaired) electrons. The summed E-state index contributed by atoms with van der Waals surface area (Å²) in [5.41, 5.74) is 8.56. The molecule has 1 aliphatic rings. The molecule has 0 spiro atoms. The van der Waals surface area contributed by atoms with Crippen LogP contribution in [0.15, 0.2) is 24.3 Å². The molecule has 1 atom stereocenters. The zero-order chi connectivity index (χ0) is 11.8. The molecule has 3 rings (SSSR count). The molecule has 88 valence electrons. The van der Waals surface area contributed by atoms with Crippen LogP contribution in [0.25, 0.3) is 0 Å². The molecule has 0 bridgehead atoms. The number of halogens is 1. The lowest BCUT2D eigenvalue weighted by molar-refractivity contribution is 0.834. The SMILES string of the molecule is NC(c1ccc(Cl)cc1)c1nc2c(s1)CCC2. The fourth-order valence-corrected chi connectivity index (χ4v) is 3.47. The van der Waals surface area contributed by atoms with Crippen molar-refractivity contribution >= 4 is 22.9 Å². The summed E-state index contributed by atoms with van der Waals surface area (Å²) in [4.78, 5) is 6.07. The number of hydrogen-bond acceptors (Lipinski definition) is 3. The molecule has 2 aromatic rings. The van der Waals surface area contributed by atoms with E-state index in [1.807, 2.05) is 24.3 Å². The molecule has 1 unspecified atom stereocenters. The van der Waals surface area contributed by atoms with Crippen molar-refractivity contribution in [3.63, 3.8) is 0 Å². The Morgan fingerprint density at radius 3 is 2.71 bits per heavy atom. The predicted octanol–water partition coefficient (Wildman–Crippen LogP) is 3.33. The lowest BCUT2D eigenvalue weighted by atomic mass is 10.1. The van der Waals surface area contributed by atoms with Gasteiger partial charge in [-0.25, -0.2) is 4.98 Å². The zero-order valence-electron chi connectivity index (χ0n) is 9.32. The van der Waals surface area contributed by atoms with Crippen LogP contribution >= 0.6 is 22.9 Å². The Morgan fingerprint density at radius 2 is 2.00 bits per heavy atom. The minimum Gasteiger partial charge on any atom is -0.318 e. The van der Waals surface area contributed by atoms with E-state index in [-0.39, 0.29) is 6.04 Å². The third kappa shape index (κ3) is 2.10. The molecule has 0 aliphatic heterocycles. The highest BCUT2D eigenvalue weighted by Crippen LogP contribution is 2.32. The topological polar surface area (TPSA) is 38.9 Å². The second-order valence-corrected chi connectivity index (χ2v) is 5.86. The van der Waals surface area contributed by atoms with Crippen molar-refractivity contribution in [1.82, 2.24) is 4.98 Å². The molecular formula is C13H13ClN2S. The first-order valence-electron chi connectivity index (χ1n) is 5.73. The molecular weight excluding hydrogens is 252 g/mol. The Labute approximate surface area is 109 Å². The van der Waals surface area contributed by atoms with Crippen LogP contribution in [-0.2, 0) is 12.8 Å². The maximum atomic E-state index is 6.23. The molecule has 4 heteroatoms. The summed E-state index contributed by atoms with van der Waals surface area (Å²) in [6, 6.07) is 7.57. The second-order valence-electron chi connectivity index (χ2n) is 4.30. The van der Waals surface area contributed by atoms with Gasteiger partial charge in [0, 0.05) is 9.90 Å². The molecule has 1 aliphatic carbocycles. The van der Waals surface area contributed by atoms with Crippen LogP contribution in [0.2, 0.25) is 5.02 Å². The van der Waals surface area contributed by atoms with Gasteiger partial charge >= 0.3 is 0 Å². The van der Waals surface area contributed by atoms with Crippen LogP contribution in [0.1, 0.15) is 33.6 Å². The van der Waals surface area contributed by atoms with Gasteiger partial charge in [0.15, 0.2) is 0 Å². The number of aryl methyl sites for hydroxylation is 2. The first-order valence-corrected chi connectivity index (χ1v) is 6.93. The standard InChI is InChI=1S/C13H13ClN2S/c14-9-6-4-8(5-7-9)12(15)13-16-10-2-1-3-11(10)17-13/h4-7,12H,1-3,15H2. The summed E-state index contributed by atoms with van der Waals surface area (Å²) in [7, 11) is 0. The number of aromatic nitrogens is 1. The van der Waals surface area contributed by atoms with Crippen LogP contribution in [0.4, 0.5) is 0 Å². The monoisotopic (exact) mass is 264 g/mol.